The maximum absolute atomic E-state index is 11.8. The van der Waals surface area contributed by atoms with Crippen LogP contribution in [0.5, 0.6) is 0 Å². The number of amides is 1. The molecular weight excluding hydrogens is 206 g/mol. The van der Waals surface area contributed by atoms with Gasteiger partial charge in [-0.25, -0.2) is 4.79 Å². The second-order valence-corrected chi connectivity index (χ2v) is 5.00. The minimum absolute atomic E-state index is 0.0597. The fraction of sp³-hybridized carbons (Fsp3) is 0.833. The Hall–Kier alpha value is -1.06. The molecule has 4 heteroatoms. The fourth-order valence-electron chi connectivity index (χ4n) is 1.92. The molecule has 2 N–H and O–H groups in total. The molecule has 0 bridgehead atoms. The molecule has 0 spiro atoms. The van der Waals surface area contributed by atoms with E-state index >= 15 is 0 Å². The first-order valence-electron chi connectivity index (χ1n) is 5.96. The zero-order chi connectivity index (χ0) is 12.3. The van der Waals surface area contributed by atoms with Crippen LogP contribution in [0.4, 0.5) is 0 Å². The van der Waals surface area contributed by atoms with Crippen molar-refractivity contribution in [2.45, 2.75) is 52.0 Å². The van der Waals surface area contributed by atoms with Gasteiger partial charge in [0.2, 0.25) is 5.91 Å². The predicted octanol–water partition coefficient (Wildman–Crippen LogP) is 1.79. The molecule has 1 amide bonds. The van der Waals surface area contributed by atoms with E-state index in [9.17, 15) is 9.59 Å². The van der Waals surface area contributed by atoms with Crippen molar-refractivity contribution in [3.63, 3.8) is 0 Å². The van der Waals surface area contributed by atoms with Gasteiger partial charge >= 0.3 is 5.97 Å². The highest BCUT2D eigenvalue weighted by Gasteiger charge is 2.38. The zero-order valence-electron chi connectivity index (χ0n) is 10.2. The molecule has 1 rings (SSSR count). The lowest BCUT2D eigenvalue weighted by molar-refractivity contribution is -0.148. The third-order valence-electron chi connectivity index (χ3n) is 3.36. The number of hydrogen-bond donors (Lipinski definition) is 2. The van der Waals surface area contributed by atoms with Crippen LogP contribution in [0.15, 0.2) is 0 Å². The number of nitrogens with one attached hydrogen (secondary N) is 1. The number of carbonyl (C=O) groups excluding carboxylic acids is 1. The van der Waals surface area contributed by atoms with E-state index in [1.165, 1.54) is 0 Å². The van der Waals surface area contributed by atoms with Crippen LogP contribution in [0, 0.1) is 11.8 Å². The van der Waals surface area contributed by atoms with E-state index < -0.39 is 11.5 Å². The molecule has 2 unspecified atom stereocenters. The molecule has 0 aliphatic heterocycles. The Morgan fingerprint density at radius 3 is 2.44 bits per heavy atom. The van der Waals surface area contributed by atoms with Gasteiger partial charge in [0.05, 0.1) is 0 Å². The van der Waals surface area contributed by atoms with Gasteiger partial charge in [-0.15, -0.1) is 0 Å². The summed E-state index contributed by atoms with van der Waals surface area (Å²) in [6.45, 7) is 5.37. The molecule has 0 aromatic rings. The molecule has 1 aliphatic rings. The van der Waals surface area contributed by atoms with E-state index in [2.05, 4.69) is 5.32 Å². The third kappa shape index (κ3) is 2.97. The zero-order valence-corrected chi connectivity index (χ0v) is 10.2. The Labute approximate surface area is 96.4 Å². The van der Waals surface area contributed by atoms with Gasteiger partial charge in [0.25, 0.3) is 0 Å². The summed E-state index contributed by atoms with van der Waals surface area (Å²) in [4.78, 5) is 23.0. The number of hydrogen-bond acceptors (Lipinski definition) is 2. The van der Waals surface area contributed by atoms with Crippen molar-refractivity contribution in [2.24, 2.45) is 11.8 Å². The summed E-state index contributed by atoms with van der Waals surface area (Å²) >= 11 is 0. The van der Waals surface area contributed by atoms with Crippen LogP contribution in [0.1, 0.15) is 46.5 Å². The molecule has 1 aliphatic carbocycles. The van der Waals surface area contributed by atoms with E-state index in [1.807, 2.05) is 13.8 Å². The van der Waals surface area contributed by atoms with E-state index in [0.717, 1.165) is 19.3 Å². The Kier molecular flexibility index (Phi) is 3.94. The number of aliphatic carboxylic acids is 1. The maximum Gasteiger partial charge on any atom is 0.329 e. The average Bonchev–Trinajstić information content (AvgIpc) is 2.99. The molecular formula is C12H21NO3. The van der Waals surface area contributed by atoms with E-state index in [1.54, 1.807) is 6.92 Å². The van der Waals surface area contributed by atoms with Crippen LogP contribution >= 0.6 is 0 Å². The molecule has 16 heavy (non-hydrogen) atoms. The van der Waals surface area contributed by atoms with Crippen LogP contribution in [-0.4, -0.2) is 22.5 Å². The lowest BCUT2D eigenvalue weighted by Crippen LogP contribution is -2.53. The molecule has 4 nitrogen and oxygen atoms in total. The lowest BCUT2D eigenvalue weighted by Gasteiger charge is -2.27. The fourth-order valence-corrected chi connectivity index (χ4v) is 1.92. The Balaban J connectivity index is 2.60. The molecule has 0 heterocycles. The first-order valence-corrected chi connectivity index (χ1v) is 5.96. The van der Waals surface area contributed by atoms with Gasteiger partial charge in [0.15, 0.2) is 0 Å². The smallest absolute Gasteiger partial charge is 0.329 e. The van der Waals surface area contributed by atoms with E-state index in [0.29, 0.717) is 12.3 Å². The summed E-state index contributed by atoms with van der Waals surface area (Å²) in [7, 11) is 0. The summed E-state index contributed by atoms with van der Waals surface area (Å²) < 4.78 is 0. The van der Waals surface area contributed by atoms with Crippen LogP contribution in [0.2, 0.25) is 0 Å². The van der Waals surface area contributed by atoms with Crippen molar-refractivity contribution in [2.75, 3.05) is 0 Å². The number of carboxylic acid groups (broad SMARTS) is 1. The third-order valence-corrected chi connectivity index (χ3v) is 3.36. The van der Waals surface area contributed by atoms with Gasteiger partial charge in [-0.3, -0.25) is 4.79 Å². The molecule has 0 aromatic heterocycles. The largest absolute Gasteiger partial charge is 0.480 e. The van der Waals surface area contributed by atoms with Crippen molar-refractivity contribution in [3.8, 4) is 0 Å². The van der Waals surface area contributed by atoms with Gasteiger partial charge in [-0.1, -0.05) is 20.3 Å². The van der Waals surface area contributed by atoms with Crippen molar-refractivity contribution in [1.82, 2.24) is 5.32 Å². The maximum atomic E-state index is 11.8. The van der Waals surface area contributed by atoms with Crippen molar-refractivity contribution < 1.29 is 14.7 Å². The van der Waals surface area contributed by atoms with Crippen molar-refractivity contribution in [3.05, 3.63) is 0 Å². The molecule has 1 fully saturated rings. The van der Waals surface area contributed by atoms with E-state index in [4.69, 9.17) is 5.11 Å². The highest BCUT2D eigenvalue weighted by molar-refractivity contribution is 5.87. The van der Waals surface area contributed by atoms with Crippen molar-refractivity contribution in [1.29, 1.82) is 0 Å². The second-order valence-electron chi connectivity index (χ2n) is 5.00. The normalized spacial score (nSPS) is 20.9. The topological polar surface area (TPSA) is 66.4 Å². The molecule has 2 atom stereocenters. The lowest BCUT2D eigenvalue weighted by atomic mass is 9.94. The first-order chi connectivity index (χ1) is 7.40. The Morgan fingerprint density at radius 2 is 2.06 bits per heavy atom. The van der Waals surface area contributed by atoms with Gasteiger partial charge in [0, 0.05) is 5.92 Å². The molecule has 1 saturated carbocycles. The Bertz CT molecular complexity index is 286. The van der Waals surface area contributed by atoms with Crippen LogP contribution < -0.4 is 5.32 Å². The van der Waals surface area contributed by atoms with Gasteiger partial charge in [-0.05, 0) is 32.1 Å². The van der Waals surface area contributed by atoms with Gasteiger partial charge in [0.1, 0.15) is 5.54 Å². The minimum atomic E-state index is -1.12. The van der Waals surface area contributed by atoms with Crippen LogP contribution in [0.3, 0.4) is 0 Å². The van der Waals surface area contributed by atoms with Gasteiger partial charge < -0.3 is 10.4 Å². The van der Waals surface area contributed by atoms with E-state index in [-0.39, 0.29) is 11.8 Å². The molecule has 92 valence electrons. The summed E-state index contributed by atoms with van der Waals surface area (Å²) in [6, 6.07) is 0. The summed E-state index contributed by atoms with van der Waals surface area (Å²) in [5.74, 6) is -0.679. The summed E-state index contributed by atoms with van der Waals surface area (Å²) in [5, 5.41) is 11.8. The Morgan fingerprint density at radius 1 is 1.50 bits per heavy atom. The van der Waals surface area contributed by atoms with Gasteiger partial charge in [-0.2, -0.15) is 0 Å². The number of carboxylic acids is 1. The molecule has 0 aromatic carbocycles. The minimum Gasteiger partial charge on any atom is -0.480 e. The highest BCUT2D eigenvalue weighted by Crippen LogP contribution is 2.36. The van der Waals surface area contributed by atoms with Crippen molar-refractivity contribution >= 4 is 11.9 Å². The summed E-state index contributed by atoms with van der Waals surface area (Å²) in [6.07, 6.45) is 3.38. The average molecular weight is 227 g/mol. The standard InChI is InChI=1S/C12H21NO3/c1-4-7-12(3,11(15)16)13-10(14)8(2)9-5-6-9/h8-9H,4-7H2,1-3H3,(H,13,14)(H,15,16). The number of carbonyl (C=O) groups is 2. The SMILES string of the molecule is CCCC(C)(NC(=O)C(C)C1CC1)C(=O)O. The highest BCUT2D eigenvalue weighted by atomic mass is 16.4. The summed E-state index contributed by atoms with van der Waals surface area (Å²) in [5.41, 5.74) is -1.12. The van der Waals surface area contributed by atoms with Crippen LogP contribution in [0.25, 0.3) is 0 Å². The predicted molar refractivity (Wildman–Crippen MR) is 61.0 cm³/mol. The number of rotatable bonds is 6. The quantitative estimate of drug-likeness (QED) is 0.727. The second kappa shape index (κ2) is 4.85. The first kappa shape index (κ1) is 13.0. The molecule has 0 radical (unpaired) electrons. The van der Waals surface area contributed by atoms with Crippen LogP contribution in [-0.2, 0) is 9.59 Å². The monoisotopic (exact) mass is 227 g/mol. The molecule has 0 saturated heterocycles.